The van der Waals surface area contributed by atoms with E-state index in [4.69, 9.17) is 14.3 Å². The lowest BCUT2D eigenvalue weighted by molar-refractivity contribution is 0.282. The van der Waals surface area contributed by atoms with E-state index in [1.165, 1.54) is 31.2 Å². The van der Waals surface area contributed by atoms with Crippen LogP contribution in [-0.2, 0) is 4.57 Å². The molecule has 174 valence electrons. The van der Waals surface area contributed by atoms with Gasteiger partial charge in [-0.05, 0) is 72.0 Å². The minimum absolute atomic E-state index is 0.215. The predicted octanol–water partition coefficient (Wildman–Crippen LogP) is 7.95. The van der Waals surface area contributed by atoms with Crippen molar-refractivity contribution in [3.8, 4) is 5.75 Å². The van der Waals surface area contributed by atoms with E-state index < -0.39 is 7.82 Å². The Kier molecular flexibility index (Phi) is 10.1. The van der Waals surface area contributed by atoms with Gasteiger partial charge >= 0.3 is 7.82 Å². The van der Waals surface area contributed by atoms with E-state index in [1.54, 1.807) is 12.1 Å². The van der Waals surface area contributed by atoms with Crippen LogP contribution in [0.15, 0.2) is 24.3 Å². The first-order chi connectivity index (χ1) is 13.5. The third-order valence-corrected chi connectivity index (χ3v) is 6.17. The molecule has 0 aliphatic carbocycles. The molecule has 0 radical (unpaired) electrons. The lowest BCUT2D eigenvalue weighted by Gasteiger charge is -2.28. The normalized spacial score (nSPS) is 16.2. The van der Waals surface area contributed by atoms with E-state index in [1.807, 2.05) is 12.1 Å². The minimum atomic E-state index is -4.52. The number of rotatable bonds is 11. The van der Waals surface area contributed by atoms with E-state index >= 15 is 0 Å². The Morgan fingerprint density at radius 1 is 0.833 bits per heavy atom. The summed E-state index contributed by atoms with van der Waals surface area (Å²) >= 11 is 0. The van der Waals surface area contributed by atoms with Crippen molar-refractivity contribution in [1.29, 1.82) is 0 Å². The Hall–Kier alpha value is -0.830. The second kappa shape index (κ2) is 11.2. The number of phosphoric acid groups is 1. The second-order valence-corrected chi connectivity index (χ2v) is 12.9. The first-order valence-corrected chi connectivity index (χ1v) is 12.9. The van der Waals surface area contributed by atoms with Crippen molar-refractivity contribution in [1.82, 2.24) is 0 Å². The van der Waals surface area contributed by atoms with Crippen LogP contribution in [0, 0.1) is 22.7 Å². The molecule has 5 heteroatoms. The van der Waals surface area contributed by atoms with Crippen LogP contribution in [0.4, 0.5) is 0 Å². The maximum Gasteiger partial charge on any atom is 0.524 e. The molecule has 0 saturated carbocycles. The summed E-state index contributed by atoms with van der Waals surface area (Å²) in [6, 6.07) is 7.31. The highest BCUT2D eigenvalue weighted by atomic mass is 31.2. The number of benzene rings is 1. The highest BCUT2D eigenvalue weighted by Gasteiger charge is 2.22. The summed E-state index contributed by atoms with van der Waals surface area (Å²) in [5.74, 6) is 1.93. The van der Waals surface area contributed by atoms with Gasteiger partial charge in [-0.2, -0.15) is 0 Å². The van der Waals surface area contributed by atoms with Gasteiger partial charge in [0.15, 0.2) is 0 Å². The molecule has 0 bridgehead atoms. The highest BCUT2D eigenvalue weighted by Crippen LogP contribution is 2.40. The minimum Gasteiger partial charge on any atom is -0.404 e. The zero-order valence-electron chi connectivity index (χ0n) is 20.4. The lowest BCUT2D eigenvalue weighted by atomic mass is 9.78. The quantitative estimate of drug-likeness (QED) is 0.343. The fraction of sp³-hybridized carbons (Fsp3) is 0.760. The average molecular weight is 441 g/mol. The van der Waals surface area contributed by atoms with Crippen molar-refractivity contribution in [2.75, 3.05) is 0 Å². The summed E-state index contributed by atoms with van der Waals surface area (Å²) in [5.41, 5.74) is 1.94. The van der Waals surface area contributed by atoms with Gasteiger partial charge in [-0.3, -0.25) is 9.79 Å². The lowest BCUT2D eigenvalue weighted by Crippen LogP contribution is -2.14. The maximum absolute atomic E-state index is 11.1. The molecule has 2 N–H and O–H groups in total. The zero-order valence-corrected chi connectivity index (χ0v) is 21.3. The highest BCUT2D eigenvalue weighted by molar-refractivity contribution is 7.46. The van der Waals surface area contributed by atoms with Gasteiger partial charge in [0.1, 0.15) is 5.75 Å². The Morgan fingerprint density at radius 3 is 1.57 bits per heavy atom. The summed E-state index contributed by atoms with van der Waals surface area (Å²) in [6.07, 6.45) is 7.14. The first kappa shape index (κ1) is 27.2. The summed E-state index contributed by atoms with van der Waals surface area (Å²) in [7, 11) is -4.52. The van der Waals surface area contributed by atoms with Crippen molar-refractivity contribution < 1.29 is 18.9 Å². The van der Waals surface area contributed by atoms with E-state index in [0.29, 0.717) is 28.6 Å². The Morgan fingerprint density at radius 2 is 1.23 bits per heavy atom. The number of hydrogen-bond donors (Lipinski definition) is 2. The van der Waals surface area contributed by atoms with Gasteiger partial charge in [-0.1, -0.05) is 80.4 Å². The smallest absolute Gasteiger partial charge is 0.404 e. The van der Waals surface area contributed by atoms with Crippen LogP contribution < -0.4 is 4.52 Å². The van der Waals surface area contributed by atoms with E-state index in [0.717, 1.165) is 12.8 Å². The summed E-state index contributed by atoms with van der Waals surface area (Å²) in [4.78, 5) is 18.1. The molecular formula is C25H45O4P. The van der Waals surface area contributed by atoms with E-state index in [2.05, 4.69) is 55.4 Å². The summed E-state index contributed by atoms with van der Waals surface area (Å²) in [6.45, 7) is 18.5. The number of hydrogen-bond acceptors (Lipinski definition) is 2. The molecule has 1 aromatic rings. The Balaban J connectivity index is 2.89. The van der Waals surface area contributed by atoms with Crippen molar-refractivity contribution in [2.45, 2.75) is 99.8 Å². The fourth-order valence-electron chi connectivity index (χ4n) is 3.87. The molecule has 4 nitrogen and oxygen atoms in total. The average Bonchev–Trinajstić information content (AvgIpc) is 2.56. The van der Waals surface area contributed by atoms with Crippen LogP contribution in [0.25, 0.3) is 0 Å². The summed E-state index contributed by atoms with van der Waals surface area (Å²) in [5, 5.41) is 0. The Bertz CT molecular complexity index is 638. The topological polar surface area (TPSA) is 66.8 Å². The van der Waals surface area contributed by atoms with Crippen LogP contribution in [0.5, 0.6) is 5.75 Å². The van der Waals surface area contributed by atoms with E-state index in [9.17, 15) is 4.57 Å². The third-order valence-electron chi connectivity index (χ3n) is 5.72. The van der Waals surface area contributed by atoms with Gasteiger partial charge in [-0.25, -0.2) is 4.57 Å². The Labute approximate surface area is 185 Å². The molecule has 0 aliphatic rings. The largest absolute Gasteiger partial charge is 0.524 e. The van der Waals surface area contributed by atoms with Crippen LogP contribution in [0.1, 0.15) is 105 Å². The van der Waals surface area contributed by atoms with Gasteiger partial charge in [0.25, 0.3) is 0 Å². The van der Waals surface area contributed by atoms with Crippen molar-refractivity contribution >= 4 is 7.82 Å². The second-order valence-electron chi connectivity index (χ2n) is 11.7. The van der Waals surface area contributed by atoms with Crippen LogP contribution in [-0.4, -0.2) is 9.79 Å². The SMILES string of the molecule is CC(CCC(C)(C)C)CC(CC(C)CCC(C)(C)C)c1ccc(OP(=O)(O)O)cc1. The standard InChI is InChI=1S/C25H45O4P/c1-19(13-15-24(3,4)5)17-22(18-20(2)14-16-25(6,7)8)21-9-11-23(12-10-21)29-30(26,27)28/h9-12,19-20,22H,13-18H2,1-8H3,(H2,26,27,28). The first-order valence-electron chi connectivity index (χ1n) is 11.4. The molecule has 0 spiro atoms. The predicted molar refractivity (Wildman–Crippen MR) is 127 cm³/mol. The molecule has 1 rings (SSSR count). The molecule has 0 heterocycles. The molecule has 0 aromatic heterocycles. The molecule has 0 aliphatic heterocycles. The molecule has 0 amide bonds. The molecule has 1 aromatic carbocycles. The number of phosphoric ester groups is 1. The van der Waals surface area contributed by atoms with E-state index in [-0.39, 0.29) is 5.75 Å². The third kappa shape index (κ3) is 12.8. The molecule has 2 unspecified atom stereocenters. The van der Waals surface area contributed by atoms with Crippen molar-refractivity contribution in [2.24, 2.45) is 22.7 Å². The van der Waals surface area contributed by atoms with Crippen LogP contribution >= 0.6 is 7.82 Å². The fourth-order valence-corrected chi connectivity index (χ4v) is 4.27. The van der Waals surface area contributed by atoms with Crippen LogP contribution in [0.2, 0.25) is 0 Å². The monoisotopic (exact) mass is 440 g/mol. The molecule has 30 heavy (non-hydrogen) atoms. The van der Waals surface area contributed by atoms with Crippen molar-refractivity contribution in [3.05, 3.63) is 29.8 Å². The molecule has 0 fully saturated rings. The van der Waals surface area contributed by atoms with Gasteiger partial charge in [-0.15, -0.1) is 0 Å². The van der Waals surface area contributed by atoms with Crippen LogP contribution in [0.3, 0.4) is 0 Å². The molecule has 2 atom stereocenters. The maximum atomic E-state index is 11.1. The van der Waals surface area contributed by atoms with Gasteiger partial charge in [0.05, 0.1) is 0 Å². The van der Waals surface area contributed by atoms with Gasteiger partial charge in [0.2, 0.25) is 0 Å². The molecular weight excluding hydrogens is 395 g/mol. The zero-order chi connectivity index (χ0) is 23.2. The van der Waals surface area contributed by atoms with Crippen molar-refractivity contribution in [3.63, 3.8) is 0 Å². The van der Waals surface area contributed by atoms with Gasteiger partial charge < -0.3 is 4.52 Å². The van der Waals surface area contributed by atoms with Gasteiger partial charge in [0, 0.05) is 0 Å². The summed E-state index contributed by atoms with van der Waals surface area (Å²) < 4.78 is 15.8. The molecule has 0 saturated heterocycles.